The lowest BCUT2D eigenvalue weighted by Gasteiger charge is -2.43. The topological polar surface area (TPSA) is 62.7 Å². The van der Waals surface area contributed by atoms with E-state index in [1.807, 2.05) is 84.9 Å². The Kier molecular flexibility index (Phi) is 5.15. The van der Waals surface area contributed by atoms with Crippen molar-refractivity contribution in [2.24, 2.45) is 0 Å². The van der Waals surface area contributed by atoms with Crippen molar-refractivity contribution in [1.82, 2.24) is 9.88 Å². The fourth-order valence-electron chi connectivity index (χ4n) is 4.77. The van der Waals surface area contributed by atoms with Crippen molar-refractivity contribution in [2.75, 3.05) is 0 Å². The van der Waals surface area contributed by atoms with Crippen molar-refractivity contribution in [3.05, 3.63) is 138 Å². The molecule has 1 aromatic heterocycles. The lowest BCUT2D eigenvalue weighted by Crippen LogP contribution is -2.44. The summed E-state index contributed by atoms with van der Waals surface area (Å²) in [6, 6.07) is 33.6. The SMILES string of the molecule is O=C(c1ccccc1O)N1[C@H](c2ccccc2)c2ccc3cccnc3c2O[C@@H]1c1ccccc1. The monoisotopic (exact) mass is 458 g/mol. The van der Waals surface area contributed by atoms with Gasteiger partial charge in [0.15, 0.2) is 5.75 Å². The second-order valence-corrected chi connectivity index (χ2v) is 8.48. The number of ether oxygens (including phenoxy) is 1. The molecule has 4 aromatic carbocycles. The van der Waals surface area contributed by atoms with Gasteiger partial charge < -0.3 is 9.84 Å². The number of phenolic OH excluding ortho intramolecular Hbond substituents is 1. The molecule has 5 aromatic rings. The number of fused-ring (bicyclic) bond motifs is 3. The van der Waals surface area contributed by atoms with Crippen molar-refractivity contribution in [1.29, 1.82) is 0 Å². The Labute approximate surface area is 202 Å². The zero-order valence-corrected chi connectivity index (χ0v) is 18.8. The lowest BCUT2D eigenvalue weighted by molar-refractivity contribution is -0.00750. The first-order chi connectivity index (χ1) is 17.2. The molecule has 5 nitrogen and oxygen atoms in total. The number of aromatic hydroxyl groups is 1. The van der Waals surface area contributed by atoms with E-state index in [0.717, 1.165) is 27.6 Å². The van der Waals surface area contributed by atoms with Crippen LogP contribution in [0.5, 0.6) is 11.5 Å². The molecule has 0 radical (unpaired) electrons. The van der Waals surface area contributed by atoms with E-state index in [4.69, 9.17) is 4.74 Å². The highest BCUT2D eigenvalue weighted by molar-refractivity contribution is 5.98. The number of aromatic nitrogens is 1. The highest BCUT2D eigenvalue weighted by Crippen LogP contribution is 2.48. The summed E-state index contributed by atoms with van der Waals surface area (Å²) in [7, 11) is 0. The third-order valence-corrected chi connectivity index (χ3v) is 6.38. The van der Waals surface area contributed by atoms with Crippen LogP contribution in [0.1, 0.15) is 39.3 Å². The molecule has 1 amide bonds. The van der Waals surface area contributed by atoms with Crippen molar-refractivity contribution >= 4 is 16.8 Å². The fourth-order valence-corrected chi connectivity index (χ4v) is 4.77. The summed E-state index contributed by atoms with van der Waals surface area (Å²) in [6.07, 6.45) is 1.02. The maximum atomic E-state index is 14.1. The van der Waals surface area contributed by atoms with Gasteiger partial charge in [0.25, 0.3) is 5.91 Å². The molecule has 5 heteroatoms. The van der Waals surface area contributed by atoms with Gasteiger partial charge in [0.1, 0.15) is 11.3 Å². The van der Waals surface area contributed by atoms with Crippen LogP contribution in [0.15, 0.2) is 115 Å². The van der Waals surface area contributed by atoms with Crippen molar-refractivity contribution in [3.63, 3.8) is 0 Å². The number of pyridine rings is 1. The molecular weight excluding hydrogens is 436 g/mol. The molecule has 35 heavy (non-hydrogen) atoms. The van der Waals surface area contributed by atoms with Crippen LogP contribution in [-0.2, 0) is 0 Å². The summed E-state index contributed by atoms with van der Waals surface area (Å²) in [5.74, 6) is 0.270. The van der Waals surface area contributed by atoms with E-state index >= 15 is 0 Å². The molecule has 0 aliphatic carbocycles. The number of benzene rings is 4. The third-order valence-electron chi connectivity index (χ3n) is 6.38. The molecule has 0 fully saturated rings. The Bertz CT molecular complexity index is 1520. The average molecular weight is 459 g/mol. The molecule has 0 unspecified atom stereocenters. The number of hydrogen-bond donors (Lipinski definition) is 1. The van der Waals surface area contributed by atoms with Gasteiger partial charge in [-0.3, -0.25) is 14.7 Å². The summed E-state index contributed by atoms with van der Waals surface area (Å²) < 4.78 is 6.64. The molecule has 0 saturated carbocycles. The van der Waals surface area contributed by atoms with E-state index in [9.17, 15) is 9.90 Å². The number of carbonyl (C=O) groups excluding carboxylic acids is 1. The Balaban J connectivity index is 1.64. The van der Waals surface area contributed by atoms with Crippen LogP contribution < -0.4 is 4.74 Å². The lowest BCUT2D eigenvalue weighted by atomic mass is 9.91. The Morgan fingerprint density at radius 3 is 2.20 bits per heavy atom. The molecule has 6 rings (SSSR count). The summed E-state index contributed by atoms with van der Waals surface area (Å²) >= 11 is 0. The average Bonchev–Trinajstić information content (AvgIpc) is 2.92. The summed E-state index contributed by atoms with van der Waals surface area (Å²) in [5, 5.41) is 11.5. The zero-order chi connectivity index (χ0) is 23.8. The predicted octanol–water partition coefficient (Wildman–Crippen LogP) is 6.26. The first-order valence-electron chi connectivity index (χ1n) is 11.5. The van der Waals surface area contributed by atoms with Gasteiger partial charge in [-0.05, 0) is 23.8 Å². The van der Waals surface area contributed by atoms with Gasteiger partial charge in [-0.2, -0.15) is 0 Å². The summed E-state index contributed by atoms with van der Waals surface area (Å²) in [5.41, 5.74) is 3.59. The highest BCUT2D eigenvalue weighted by atomic mass is 16.5. The quantitative estimate of drug-likeness (QED) is 0.346. The second kappa shape index (κ2) is 8.61. The first-order valence-corrected chi connectivity index (χ1v) is 11.5. The van der Waals surface area contributed by atoms with Gasteiger partial charge in [-0.1, -0.05) is 91.0 Å². The normalized spacial score (nSPS) is 17.0. The van der Waals surface area contributed by atoms with Crippen LogP contribution in [-0.4, -0.2) is 20.9 Å². The number of carbonyl (C=O) groups is 1. The molecule has 2 atom stereocenters. The Morgan fingerprint density at radius 1 is 0.771 bits per heavy atom. The zero-order valence-electron chi connectivity index (χ0n) is 18.8. The maximum absolute atomic E-state index is 14.1. The number of phenols is 1. The van der Waals surface area contributed by atoms with Crippen LogP contribution in [0.4, 0.5) is 0 Å². The minimum Gasteiger partial charge on any atom is -0.507 e. The minimum atomic E-state index is -0.728. The number of rotatable bonds is 3. The maximum Gasteiger partial charge on any atom is 0.261 e. The molecule has 0 saturated heterocycles. The van der Waals surface area contributed by atoms with E-state index in [-0.39, 0.29) is 17.2 Å². The first kappa shape index (κ1) is 20.9. The van der Waals surface area contributed by atoms with E-state index in [2.05, 4.69) is 4.98 Å². The van der Waals surface area contributed by atoms with Gasteiger partial charge in [-0.25, -0.2) is 0 Å². The van der Waals surface area contributed by atoms with Crippen LogP contribution in [0, 0.1) is 0 Å². The molecule has 0 spiro atoms. The fraction of sp³-hybridized carbons (Fsp3) is 0.0667. The smallest absolute Gasteiger partial charge is 0.261 e. The Morgan fingerprint density at radius 2 is 1.46 bits per heavy atom. The standard InChI is InChI=1S/C30H22N2O3/c33-25-16-8-7-15-23(25)29(34)32-27(21-10-3-1-4-11-21)24-18-17-20-14-9-19-31-26(20)28(24)35-30(32)22-12-5-2-6-13-22/h1-19,27,30,33H/t27-,30-/m1/s1. The summed E-state index contributed by atoms with van der Waals surface area (Å²) in [6.45, 7) is 0. The number of amides is 1. The van der Waals surface area contributed by atoms with Gasteiger partial charge >= 0.3 is 0 Å². The molecule has 170 valence electrons. The summed E-state index contributed by atoms with van der Waals surface area (Å²) in [4.78, 5) is 20.5. The number of hydrogen-bond acceptors (Lipinski definition) is 4. The van der Waals surface area contributed by atoms with Gasteiger partial charge in [0.2, 0.25) is 6.23 Å². The molecule has 1 aliphatic rings. The van der Waals surface area contributed by atoms with Gasteiger partial charge in [0, 0.05) is 22.7 Å². The largest absolute Gasteiger partial charge is 0.507 e. The highest BCUT2D eigenvalue weighted by Gasteiger charge is 2.42. The van der Waals surface area contributed by atoms with Gasteiger partial charge in [0.05, 0.1) is 11.6 Å². The molecule has 2 heterocycles. The molecular formula is C30H22N2O3. The van der Waals surface area contributed by atoms with Gasteiger partial charge in [-0.15, -0.1) is 0 Å². The van der Waals surface area contributed by atoms with E-state index < -0.39 is 12.3 Å². The second-order valence-electron chi connectivity index (χ2n) is 8.48. The predicted molar refractivity (Wildman–Crippen MR) is 134 cm³/mol. The molecule has 0 bridgehead atoms. The number of nitrogens with zero attached hydrogens (tertiary/aromatic N) is 2. The van der Waals surface area contributed by atoms with Crippen LogP contribution in [0.3, 0.4) is 0 Å². The van der Waals surface area contributed by atoms with Crippen LogP contribution in [0.2, 0.25) is 0 Å². The minimum absolute atomic E-state index is 0.0675. The number of para-hydroxylation sites is 1. The van der Waals surface area contributed by atoms with E-state index in [0.29, 0.717) is 5.75 Å². The van der Waals surface area contributed by atoms with E-state index in [1.165, 1.54) is 6.07 Å². The van der Waals surface area contributed by atoms with Crippen molar-refractivity contribution in [3.8, 4) is 11.5 Å². The van der Waals surface area contributed by atoms with Crippen molar-refractivity contribution in [2.45, 2.75) is 12.3 Å². The van der Waals surface area contributed by atoms with E-state index in [1.54, 1.807) is 29.3 Å². The van der Waals surface area contributed by atoms with Crippen LogP contribution >= 0.6 is 0 Å². The van der Waals surface area contributed by atoms with Crippen molar-refractivity contribution < 1.29 is 14.6 Å². The molecule has 1 N–H and O–H groups in total. The van der Waals surface area contributed by atoms with Crippen LogP contribution in [0.25, 0.3) is 10.9 Å². The third kappa shape index (κ3) is 3.58. The Hall–Kier alpha value is -4.64. The molecule has 1 aliphatic heterocycles.